The van der Waals surface area contributed by atoms with Crippen LogP contribution in [0.25, 0.3) is 0 Å². The summed E-state index contributed by atoms with van der Waals surface area (Å²) in [5.41, 5.74) is 1.12. The van der Waals surface area contributed by atoms with Crippen molar-refractivity contribution in [3.8, 4) is 0 Å². The van der Waals surface area contributed by atoms with Crippen LogP contribution in [-0.2, 0) is 11.2 Å². The summed E-state index contributed by atoms with van der Waals surface area (Å²) < 4.78 is 1.01. The number of carbonyl (C=O) groups excluding carboxylic acids is 1. The number of carbonyl (C=O) groups is 2. The number of urea groups is 1. The summed E-state index contributed by atoms with van der Waals surface area (Å²) in [7, 11) is 0. The van der Waals surface area contributed by atoms with Gasteiger partial charge in [-0.15, -0.1) is 0 Å². The summed E-state index contributed by atoms with van der Waals surface area (Å²) >= 11 is 3.38. The molecule has 3 N–H and O–H groups in total. The summed E-state index contributed by atoms with van der Waals surface area (Å²) in [4.78, 5) is 21.5. The van der Waals surface area contributed by atoms with Gasteiger partial charge in [0.1, 0.15) is 0 Å². The normalized spacial score (nSPS) is 9.83. The quantitative estimate of drug-likeness (QED) is 0.748. The average molecular weight is 315 g/mol. The van der Waals surface area contributed by atoms with E-state index in [1.54, 1.807) is 0 Å². The molecule has 2 amide bonds. The van der Waals surface area contributed by atoms with Crippen LogP contribution in [0.4, 0.5) is 4.79 Å². The second-order valence-electron chi connectivity index (χ2n) is 3.71. The van der Waals surface area contributed by atoms with Crippen molar-refractivity contribution in [1.29, 1.82) is 0 Å². The highest BCUT2D eigenvalue weighted by Gasteiger charge is 2.01. The van der Waals surface area contributed by atoms with Gasteiger partial charge in [0, 0.05) is 17.6 Å². The predicted molar refractivity (Wildman–Crippen MR) is 71.5 cm³/mol. The molecule has 1 aromatic carbocycles. The molecule has 0 heterocycles. The molecule has 0 radical (unpaired) electrons. The molecular formula is C12H15BrN2O3. The third-order valence-corrected chi connectivity index (χ3v) is 2.71. The van der Waals surface area contributed by atoms with Crippen molar-refractivity contribution in [2.75, 3.05) is 13.1 Å². The standard InChI is InChI=1S/C12H15BrN2O3/c13-10-3-1-2-9(8-10)4-6-14-12(18)15-7-5-11(16)17/h1-3,8H,4-7H2,(H,16,17)(H2,14,15,18). The van der Waals surface area contributed by atoms with Crippen LogP contribution in [0.3, 0.4) is 0 Å². The van der Waals surface area contributed by atoms with Gasteiger partial charge in [-0.2, -0.15) is 0 Å². The number of hydrogen-bond donors (Lipinski definition) is 3. The molecule has 6 heteroatoms. The van der Waals surface area contributed by atoms with Crippen molar-refractivity contribution in [3.05, 3.63) is 34.3 Å². The Labute approximate surface area is 114 Å². The lowest BCUT2D eigenvalue weighted by Crippen LogP contribution is -2.37. The molecule has 1 rings (SSSR count). The number of halogens is 1. The molecule has 0 saturated heterocycles. The molecule has 0 aliphatic carbocycles. The first-order valence-corrected chi connectivity index (χ1v) is 6.35. The molecule has 0 spiro atoms. The number of benzene rings is 1. The highest BCUT2D eigenvalue weighted by atomic mass is 79.9. The van der Waals surface area contributed by atoms with Crippen molar-refractivity contribution in [3.63, 3.8) is 0 Å². The first-order chi connectivity index (χ1) is 8.58. The molecule has 98 valence electrons. The lowest BCUT2D eigenvalue weighted by molar-refractivity contribution is -0.136. The Morgan fingerprint density at radius 3 is 2.61 bits per heavy atom. The molecule has 5 nitrogen and oxygen atoms in total. The third kappa shape index (κ3) is 6.24. The van der Waals surface area contributed by atoms with Gasteiger partial charge < -0.3 is 15.7 Å². The fourth-order valence-electron chi connectivity index (χ4n) is 1.36. The van der Waals surface area contributed by atoms with E-state index in [4.69, 9.17) is 5.11 Å². The maximum Gasteiger partial charge on any atom is 0.314 e. The monoisotopic (exact) mass is 314 g/mol. The highest BCUT2D eigenvalue weighted by molar-refractivity contribution is 9.10. The maximum atomic E-state index is 11.3. The Kier molecular flexibility index (Phi) is 6.21. The van der Waals surface area contributed by atoms with Crippen LogP contribution in [0, 0.1) is 0 Å². The molecule has 18 heavy (non-hydrogen) atoms. The Morgan fingerprint density at radius 2 is 1.94 bits per heavy atom. The van der Waals surface area contributed by atoms with Crippen molar-refractivity contribution in [2.24, 2.45) is 0 Å². The van der Waals surface area contributed by atoms with Crippen LogP contribution < -0.4 is 10.6 Å². The van der Waals surface area contributed by atoms with E-state index in [1.165, 1.54) is 0 Å². The Hall–Kier alpha value is -1.56. The topological polar surface area (TPSA) is 78.4 Å². The van der Waals surface area contributed by atoms with E-state index in [0.717, 1.165) is 16.5 Å². The number of carboxylic acid groups (broad SMARTS) is 1. The molecule has 0 fully saturated rings. The number of nitrogens with one attached hydrogen (secondary N) is 2. The van der Waals surface area contributed by atoms with Crippen LogP contribution in [0.15, 0.2) is 28.7 Å². The Balaban J connectivity index is 2.17. The minimum Gasteiger partial charge on any atom is -0.481 e. The molecule has 0 unspecified atom stereocenters. The number of amides is 2. The van der Waals surface area contributed by atoms with E-state index in [9.17, 15) is 9.59 Å². The summed E-state index contributed by atoms with van der Waals surface area (Å²) in [6, 6.07) is 7.51. The zero-order valence-corrected chi connectivity index (χ0v) is 11.4. The van der Waals surface area contributed by atoms with E-state index in [1.807, 2.05) is 24.3 Å². The van der Waals surface area contributed by atoms with E-state index in [2.05, 4.69) is 26.6 Å². The third-order valence-electron chi connectivity index (χ3n) is 2.21. The van der Waals surface area contributed by atoms with Crippen LogP contribution in [0.1, 0.15) is 12.0 Å². The fraction of sp³-hybridized carbons (Fsp3) is 0.333. The summed E-state index contributed by atoms with van der Waals surface area (Å²) in [6.45, 7) is 0.646. The summed E-state index contributed by atoms with van der Waals surface area (Å²) in [5, 5.41) is 13.5. The van der Waals surface area contributed by atoms with Gasteiger partial charge in [0.05, 0.1) is 6.42 Å². The van der Waals surface area contributed by atoms with Crippen LogP contribution in [-0.4, -0.2) is 30.2 Å². The van der Waals surface area contributed by atoms with Crippen molar-refractivity contribution < 1.29 is 14.7 Å². The van der Waals surface area contributed by atoms with Gasteiger partial charge in [-0.3, -0.25) is 4.79 Å². The van der Waals surface area contributed by atoms with Gasteiger partial charge >= 0.3 is 12.0 Å². The SMILES string of the molecule is O=C(O)CCNC(=O)NCCc1cccc(Br)c1. The van der Waals surface area contributed by atoms with E-state index < -0.39 is 5.97 Å². The van der Waals surface area contributed by atoms with Gasteiger partial charge in [-0.1, -0.05) is 28.1 Å². The molecule has 0 bridgehead atoms. The lowest BCUT2D eigenvalue weighted by Gasteiger charge is -2.06. The molecular weight excluding hydrogens is 300 g/mol. The minimum atomic E-state index is -0.926. The number of carboxylic acids is 1. The Morgan fingerprint density at radius 1 is 1.22 bits per heavy atom. The molecule has 0 aliphatic rings. The molecule has 0 aliphatic heterocycles. The van der Waals surface area contributed by atoms with Crippen molar-refractivity contribution >= 4 is 27.9 Å². The van der Waals surface area contributed by atoms with Gasteiger partial charge in [-0.05, 0) is 24.1 Å². The van der Waals surface area contributed by atoms with Crippen molar-refractivity contribution in [1.82, 2.24) is 10.6 Å². The first kappa shape index (κ1) is 14.5. The van der Waals surface area contributed by atoms with Gasteiger partial charge in [-0.25, -0.2) is 4.79 Å². The molecule has 0 atom stereocenters. The summed E-state index contributed by atoms with van der Waals surface area (Å²) in [6.07, 6.45) is 0.658. The van der Waals surface area contributed by atoms with Crippen LogP contribution >= 0.6 is 15.9 Å². The fourth-order valence-corrected chi connectivity index (χ4v) is 1.80. The minimum absolute atomic E-state index is 0.0704. The molecule has 0 saturated carbocycles. The number of aliphatic carboxylic acids is 1. The average Bonchev–Trinajstić information content (AvgIpc) is 2.28. The smallest absolute Gasteiger partial charge is 0.314 e. The number of rotatable bonds is 6. The van der Waals surface area contributed by atoms with Gasteiger partial charge in [0.15, 0.2) is 0 Å². The maximum absolute atomic E-state index is 11.3. The first-order valence-electron chi connectivity index (χ1n) is 5.56. The lowest BCUT2D eigenvalue weighted by atomic mass is 10.1. The molecule has 0 aromatic heterocycles. The van der Waals surface area contributed by atoms with Crippen LogP contribution in [0.5, 0.6) is 0 Å². The highest BCUT2D eigenvalue weighted by Crippen LogP contribution is 2.11. The van der Waals surface area contributed by atoms with Gasteiger partial charge in [0.25, 0.3) is 0 Å². The van der Waals surface area contributed by atoms with E-state index in [0.29, 0.717) is 6.54 Å². The number of hydrogen-bond acceptors (Lipinski definition) is 2. The zero-order valence-electron chi connectivity index (χ0n) is 9.78. The molecule has 1 aromatic rings. The van der Waals surface area contributed by atoms with Crippen molar-refractivity contribution in [2.45, 2.75) is 12.8 Å². The zero-order chi connectivity index (χ0) is 13.4. The van der Waals surface area contributed by atoms with Gasteiger partial charge in [0.2, 0.25) is 0 Å². The Bertz CT molecular complexity index is 424. The largest absolute Gasteiger partial charge is 0.481 e. The summed E-state index contributed by atoms with van der Waals surface area (Å²) in [5.74, 6) is -0.926. The van der Waals surface area contributed by atoms with Crippen LogP contribution in [0.2, 0.25) is 0 Å². The van der Waals surface area contributed by atoms with E-state index in [-0.39, 0.29) is 19.0 Å². The predicted octanol–water partition coefficient (Wildman–Crippen LogP) is 1.77. The second-order valence-corrected chi connectivity index (χ2v) is 4.62. The second kappa shape index (κ2) is 7.71. The van der Waals surface area contributed by atoms with E-state index >= 15 is 0 Å².